The molecule has 0 aliphatic carbocycles. The number of halogens is 1. The van der Waals surface area contributed by atoms with Crippen molar-refractivity contribution in [1.29, 1.82) is 0 Å². The minimum absolute atomic E-state index is 0.189. The summed E-state index contributed by atoms with van der Waals surface area (Å²) in [7, 11) is 0. The lowest BCUT2D eigenvalue weighted by Crippen LogP contribution is -2.49. The third-order valence-electron chi connectivity index (χ3n) is 2.51. The number of piperazine rings is 1. The molecule has 4 heteroatoms. The van der Waals surface area contributed by atoms with Crippen LogP contribution in [0.5, 0.6) is 0 Å². The maximum absolute atomic E-state index is 12.7. The number of hydrazine groups is 1. The van der Waals surface area contributed by atoms with Crippen LogP contribution in [0.1, 0.15) is 0 Å². The fourth-order valence-corrected chi connectivity index (χ4v) is 1.63. The van der Waals surface area contributed by atoms with Crippen molar-refractivity contribution in [1.82, 2.24) is 5.01 Å². The van der Waals surface area contributed by atoms with Crippen molar-refractivity contribution in [3.63, 3.8) is 0 Å². The third-order valence-corrected chi connectivity index (χ3v) is 2.51. The van der Waals surface area contributed by atoms with Gasteiger partial charge in [-0.05, 0) is 24.3 Å². The number of anilines is 1. The van der Waals surface area contributed by atoms with Crippen LogP contribution in [0.2, 0.25) is 0 Å². The Labute approximate surface area is 82.9 Å². The maximum atomic E-state index is 12.7. The summed E-state index contributed by atoms with van der Waals surface area (Å²) < 4.78 is 12.7. The summed E-state index contributed by atoms with van der Waals surface area (Å²) in [6, 6.07) is 6.59. The van der Waals surface area contributed by atoms with Gasteiger partial charge in [0.15, 0.2) is 0 Å². The standard InChI is InChI=1S/C10H14FN3/c11-9-1-3-10(4-2-9)13-5-7-14(12)8-6-13/h1-4H,5-8,12H2. The fraction of sp³-hybridized carbons (Fsp3) is 0.400. The number of hydrogen-bond acceptors (Lipinski definition) is 3. The number of benzene rings is 1. The Balaban J connectivity index is 2.05. The molecule has 1 heterocycles. The zero-order valence-electron chi connectivity index (χ0n) is 7.99. The van der Waals surface area contributed by atoms with Gasteiger partial charge in [-0.1, -0.05) is 0 Å². The quantitative estimate of drug-likeness (QED) is 0.673. The van der Waals surface area contributed by atoms with Gasteiger partial charge in [0.25, 0.3) is 0 Å². The molecule has 1 aromatic carbocycles. The Hall–Kier alpha value is -1.13. The van der Waals surface area contributed by atoms with Gasteiger partial charge in [0.05, 0.1) is 0 Å². The predicted octanol–water partition coefficient (Wildman–Crippen LogP) is 0.821. The van der Waals surface area contributed by atoms with Crippen molar-refractivity contribution in [3.05, 3.63) is 30.1 Å². The molecular weight excluding hydrogens is 181 g/mol. The highest BCUT2D eigenvalue weighted by atomic mass is 19.1. The van der Waals surface area contributed by atoms with Gasteiger partial charge >= 0.3 is 0 Å². The topological polar surface area (TPSA) is 32.5 Å². The molecule has 0 unspecified atom stereocenters. The van der Waals surface area contributed by atoms with Crippen LogP contribution < -0.4 is 10.7 Å². The molecule has 0 radical (unpaired) electrons. The molecule has 1 aromatic rings. The number of rotatable bonds is 1. The van der Waals surface area contributed by atoms with Gasteiger partial charge in [0, 0.05) is 31.9 Å². The molecule has 1 saturated heterocycles. The average molecular weight is 195 g/mol. The molecule has 3 nitrogen and oxygen atoms in total. The van der Waals surface area contributed by atoms with Crippen LogP contribution in [0.15, 0.2) is 24.3 Å². The lowest BCUT2D eigenvalue weighted by Gasteiger charge is -2.33. The minimum atomic E-state index is -0.189. The largest absolute Gasteiger partial charge is 0.369 e. The third kappa shape index (κ3) is 2.02. The van der Waals surface area contributed by atoms with Gasteiger partial charge < -0.3 is 4.90 Å². The van der Waals surface area contributed by atoms with E-state index in [0.717, 1.165) is 31.9 Å². The molecule has 0 atom stereocenters. The second-order valence-electron chi connectivity index (χ2n) is 3.50. The molecular formula is C10H14FN3. The maximum Gasteiger partial charge on any atom is 0.123 e. The second kappa shape index (κ2) is 3.94. The molecule has 1 aliphatic heterocycles. The van der Waals surface area contributed by atoms with Crippen LogP contribution >= 0.6 is 0 Å². The van der Waals surface area contributed by atoms with E-state index >= 15 is 0 Å². The first-order valence-electron chi connectivity index (χ1n) is 4.76. The van der Waals surface area contributed by atoms with E-state index in [1.165, 1.54) is 12.1 Å². The van der Waals surface area contributed by atoms with E-state index in [9.17, 15) is 4.39 Å². The average Bonchev–Trinajstić information content (AvgIpc) is 2.21. The smallest absolute Gasteiger partial charge is 0.123 e. The Bertz CT molecular complexity index is 291. The van der Waals surface area contributed by atoms with E-state index in [2.05, 4.69) is 4.90 Å². The van der Waals surface area contributed by atoms with Crippen molar-refractivity contribution >= 4 is 5.69 Å². The Kier molecular flexibility index (Phi) is 2.65. The van der Waals surface area contributed by atoms with E-state index < -0.39 is 0 Å². The van der Waals surface area contributed by atoms with Crippen LogP contribution in [-0.4, -0.2) is 31.2 Å². The van der Waals surface area contributed by atoms with Crippen LogP contribution in [0.25, 0.3) is 0 Å². The summed E-state index contributed by atoms with van der Waals surface area (Å²) in [5, 5.41) is 1.81. The first kappa shape index (κ1) is 9.43. The zero-order valence-corrected chi connectivity index (χ0v) is 7.99. The summed E-state index contributed by atoms with van der Waals surface area (Å²) >= 11 is 0. The van der Waals surface area contributed by atoms with Crippen molar-refractivity contribution in [3.8, 4) is 0 Å². The van der Waals surface area contributed by atoms with E-state index in [-0.39, 0.29) is 5.82 Å². The van der Waals surface area contributed by atoms with Crippen molar-refractivity contribution in [2.24, 2.45) is 5.84 Å². The predicted molar refractivity (Wildman–Crippen MR) is 54.4 cm³/mol. The summed E-state index contributed by atoms with van der Waals surface area (Å²) in [5.41, 5.74) is 1.07. The highest BCUT2D eigenvalue weighted by Crippen LogP contribution is 2.15. The molecule has 0 bridgehead atoms. The SMILES string of the molecule is NN1CCN(c2ccc(F)cc2)CC1. The minimum Gasteiger partial charge on any atom is -0.369 e. The molecule has 0 amide bonds. The van der Waals surface area contributed by atoms with Crippen LogP contribution in [0.3, 0.4) is 0 Å². The molecule has 2 N–H and O–H groups in total. The summed E-state index contributed by atoms with van der Waals surface area (Å²) in [5.74, 6) is 5.46. The van der Waals surface area contributed by atoms with Crippen LogP contribution in [0, 0.1) is 5.82 Å². The number of nitrogens with two attached hydrogens (primary N) is 1. The molecule has 76 valence electrons. The second-order valence-corrected chi connectivity index (χ2v) is 3.50. The normalized spacial score (nSPS) is 18.6. The Morgan fingerprint density at radius 2 is 1.57 bits per heavy atom. The van der Waals surface area contributed by atoms with E-state index in [1.54, 1.807) is 5.01 Å². The monoisotopic (exact) mass is 195 g/mol. The highest BCUT2D eigenvalue weighted by molar-refractivity contribution is 5.46. The van der Waals surface area contributed by atoms with Gasteiger partial charge in [-0.15, -0.1) is 0 Å². The summed E-state index contributed by atoms with van der Waals surface area (Å²) in [4.78, 5) is 2.21. The number of hydrogen-bond donors (Lipinski definition) is 1. The zero-order chi connectivity index (χ0) is 9.97. The molecule has 0 aromatic heterocycles. The molecule has 14 heavy (non-hydrogen) atoms. The lowest BCUT2D eigenvalue weighted by molar-refractivity contribution is 0.266. The first-order valence-corrected chi connectivity index (χ1v) is 4.76. The van der Waals surface area contributed by atoms with Gasteiger partial charge in [-0.3, -0.25) is 5.84 Å². The highest BCUT2D eigenvalue weighted by Gasteiger charge is 2.14. The summed E-state index contributed by atoms with van der Waals surface area (Å²) in [6.07, 6.45) is 0. The molecule has 2 rings (SSSR count). The van der Waals surface area contributed by atoms with E-state index in [4.69, 9.17) is 5.84 Å². The van der Waals surface area contributed by atoms with Gasteiger partial charge in [-0.2, -0.15) is 0 Å². The van der Waals surface area contributed by atoms with Gasteiger partial charge in [0.2, 0.25) is 0 Å². The lowest BCUT2D eigenvalue weighted by atomic mass is 10.2. The van der Waals surface area contributed by atoms with Crippen molar-refractivity contribution < 1.29 is 4.39 Å². The number of nitrogens with zero attached hydrogens (tertiary/aromatic N) is 2. The van der Waals surface area contributed by atoms with E-state index in [0.29, 0.717) is 0 Å². The van der Waals surface area contributed by atoms with Crippen molar-refractivity contribution in [2.45, 2.75) is 0 Å². The van der Waals surface area contributed by atoms with E-state index in [1.807, 2.05) is 12.1 Å². The first-order chi connectivity index (χ1) is 6.75. The fourth-order valence-electron chi connectivity index (χ4n) is 1.63. The molecule has 1 aliphatic rings. The molecule has 1 fully saturated rings. The van der Waals surface area contributed by atoms with Gasteiger partial charge in [-0.25, -0.2) is 9.40 Å². The summed E-state index contributed by atoms with van der Waals surface area (Å²) in [6.45, 7) is 3.53. The molecule has 0 saturated carbocycles. The van der Waals surface area contributed by atoms with Crippen molar-refractivity contribution in [2.75, 3.05) is 31.1 Å². The Morgan fingerprint density at radius 3 is 2.14 bits per heavy atom. The van der Waals surface area contributed by atoms with Gasteiger partial charge in [0.1, 0.15) is 5.82 Å². The molecule has 0 spiro atoms. The van der Waals surface area contributed by atoms with Crippen LogP contribution in [0.4, 0.5) is 10.1 Å². The Morgan fingerprint density at radius 1 is 1.00 bits per heavy atom. The van der Waals surface area contributed by atoms with Crippen LogP contribution in [-0.2, 0) is 0 Å².